The van der Waals surface area contributed by atoms with Crippen molar-refractivity contribution in [1.82, 2.24) is 4.90 Å². The molecule has 3 nitrogen and oxygen atoms in total. The Hall–Kier alpha value is -0.380. The van der Waals surface area contributed by atoms with Crippen LogP contribution in [-0.2, 0) is 9.47 Å². The fraction of sp³-hybridized carbons (Fsp3) is 0.909. The molecule has 0 bridgehead atoms. The number of likely N-dealkylation sites (tertiary alicyclic amines) is 1. The Bertz CT molecular complexity index is 506. The van der Waals surface area contributed by atoms with Gasteiger partial charge in [-0.2, -0.15) is 0 Å². The lowest BCUT2D eigenvalue weighted by Gasteiger charge is -2.44. The molecule has 4 atom stereocenters. The molecule has 2 fully saturated rings. The predicted octanol–water partition coefficient (Wildman–Crippen LogP) is 4.77. The summed E-state index contributed by atoms with van der Waals surface area (Å²) < 4.78 is 12.6. The predicted molar refractivity (Wildman–Crippen MR) is 101 cm³/mol. The Balaban J connectivity index is 1.38. The molecule has 2 saturated heterocycles. The van der Waals surface area contributed by atoms with E-state index < -0.39 is 0 Å². The summed E-state index contributed by atoms with van der Waals surface area (Å²) in [7, 11) is 0. The van der Waals surface area contributed by atoms with Crippen LogP contribution in [-0.4, -0.2) is 43.5 Å². The van der Waals surface area contributed by atoms with Crippen LogP contribution in [0.25, 0.3) is 0 Å². The minimum absolute atomic E-state index is 0.0246. The first kappa shape index (κ1) is 18.0. The molecule has 4 aliphatic rings. The highest BCUT2D eigenvalue weighted by molar-refractivity contribution is 5.27. The van der Waals surface area contributed by atoms with Crippen LogP contribution in [0.5, 0.6) is 0 Å². The van der Waals surface area contributed by atoms with Crippen LogP contribution >= 0.6 is 0 Å². The second kappa shape index (κ2) is 7.32. The van der Waals surface area contributed by atoms with Gasteiger partial charge in [0.15, 0.2) is 6.29 Å². The van der Waals surface area contributed by atoms with Crippen molar-refractivity contribution in [2.75, 3.05) is 26.2 Å². The van der Waals surface area contributed by atoms with E-state index in [1.807, 2.05) is 0 Å². The third kappa shape index (κ3) is 3.84. The van der Waals surface area contributed by atoms with Gasteiger partial charge in [0, 0.05) is 12.5 Å². The molecule has 2 heterocycles. The first-order valence-corrected chi connectivity index (χ1v) is 10.7. The largest absolute Gasteiger partial charge is 0.350 e. The van der Waals surface area contributed by atoms with Gasteiger partial charge in [0.25, 0.3) is 0 Å². The van der Waals surface area contributed by atoms with Gasteiger partial charge in [-0.3, -0.25) is 0 Å². The molecular weight excluding hydrogens is 310 g/mol. The van der Waals surface area contributed by atoms with Crippen molar-refractivity contribution in [3.8, 4) is 0 Å². The molecular formula is C22H37NO2. The molecule has 0 spiro atoms. The molecule has 2 aliphatic heterocycles. The Morgan fingerprint density at radius 2 is 1.88 bits per heavy atom. The molecule has 3 heteroatoms. The van der Waals surface area contributed by atoms with E-state index in [-0.39, 0.29) is 12.4 Å². The van der Waals surface area contributed by atoms with Gasteiger partial charge in [-0.05, 0) is 69.4 Å². The van der Waals surface area contributed by atoms with Crippen LogP contribution in [0.4, 0.5) is 0 Å². The standard InChI is InChI=1S/C22H37NO2/c1-16-12-17-8-7-9-22(2,3)20(17)13-19(16)21-24-15-18(25-21)14-23-10-5-4-6-11-23/h16,18-19,21H,4-15H2,1-3H3/t16-,18+,19+,21-/m1/s1. The van der Waals surface area contributed by atoms with E-state index in [9.17, 15) is 0 Å². The molecule has 0 amide bonds. The fourth-order valence-electron chi connectivity index (χ4n) is 5.73. The summed E-state index contributed by atoms with van der Waals surface area (Å²) in [5.41, 5.74) is 3.90. The SMILES string of the molecule is C[C@@H]1CC2=C(C[C@@H]1[C@@H]1OC[C@H](CN3CCCCC3)O1)C(C)(C)CCC2. The number of hydrogen-bond acceptors (Lipinski definition) is 3. The van der Waals surface area contributed by atoms with Crippen molar-refractivity contribution < 1.29 is 9.47 Å². The van der Waals surface area contributed by atoms with E-state index in [0.29, 0.717) is 17.3 Å². The third-order valence-corrected chi connectivity index (χ3v) is 7.30. The average Bonchev–Trinajstić information content (AvgIpc) is 3.03. The maximum atomic E-state index is 6.44. The van der Waals surface area contributed by atoms with E-state index in [2.05, 4.69) is 25.7 Å². The third-order valence-electron chi connectivity index (χ3n) is 7.30. The van der Waals surface area contributed by atoms with Crippen molar-refractivity contribution in [3.63, 3.8) is 0 Å². The van der Waals surface area contributed by atoms with Gasteiger partial charge in [-0.1, -0.05) is 38.3 Å². The Morgan fingerprint density at radius 3 is 2.68 bits per heavy atom. The molecule has 0 aromatic carbocycles. The van der Waals surface area contributed by atoms with Crippen molar-refractivity contribution in [3.05, 3.63) is 11.1 Å². The molecule has 0 aromatic heterocycles. The van der Waals surface area contributed by atoms with Crippen molar-refractivity contribution in [2.45, 2.75) is 84.5 Å². The molecule has 2 aliphatic carbocycles. The molecule has 0 saturated carbocycles. The van der Waals surface area contributed by atoms with Crippen LogP contribution in [0.3, 0.4) is 0 Å². The summed E-state index contributed by atoms with van der Waals surface area (Å²) in [6.45, 7) is 11.7. The van der Waals surface area contributed by atoms with Crippen molar-refractivity contribution >= 4 is 0 Å². The van der Waals surface area contributed by atoms with E-state index in [1.165, 1.54) is 64.5 Å². The quantitative estimate of drug-likeness (QED) is 0.687. The number of piperidine rings is 1. The lowest BCUT2D eigenvalue weighted by atomic mass is 9.63. The van der Waals surface area contributed by atoms with E-state index in [4.69, 9.17) is 9.47 Å². The zero-order chi connectivity index (χ0) is 17.4. The second-order valence-corrected chi connectivity index (χ2v) is 9.69. The zero-order valence-electron chi connectivity index (χ0n) is 16.6. The monoisotopic (exact) mass is 347 g/mol. The van der Waals surface area contributed by atoms with Crippen LogP contribution < -0.4 is 0 Å². The van der Waals surface area contributed by atoms with E-state index in [0.717, 1.165) is 13.2 Å². The minimum atomic E-state index is 0.0246. The average molecular weight is 348 g/mol. The fourth-order valence-corrected chi connectivity index (χ4v) is 5.73. The molecule has 4 rings (SSSR count). The van der Waals surface area contributed by atoms with Gasteiger partial charge in [0.1, 0.15) is 0 Å². The van der Waals surface area contributed by atoms with Gasteiger partial charge < -0.3 is 14.4 Å². The van der Waals surface area contributed by atoms with E-state index in [1.54, 1.807) is 11.1 Å². The summed E-state index contributed by atoms with van der Waals surface area (Å²) in [5.74, 6) is 1.23. The number of hydrogen-bond donors (Lipinski definition) is 0. The van der Waals surface area contributed by atoms with Gasteiger partial charge in [-0.15, -0.1) is 0 Å². The summed E-state index contributed by atoms with van der Waals surface area (Å²) in [4.78, 5) is 2.58. The van der Waals surface area contributed by atoms with Crippen LogP contribution in [0.1, 0.15) is 72.1 Å². The second-order valence-electron chi connectivity index (χ2n) is 9.69. The minimum Gasteiger partial charge on any atom is -0.350 e. The molecule has 25 heavy (non-hydrogen) atoms. The van der Waals surface area contributed by atoms with Gasteiger partial charge in [0.05, 0.1) is 12.7 Å². The highest BCUT2D eigenvalue weighted by atomic mass is 16.7. The van der Waals surface area contributed by atoms with Gasteiger partial charge in [-0.25, -0.2) is 0 Å². The molecule has 0 radical (unpaired) electrons. The Labute approximate surface area is 154 Å². The number of nitrogens with zero attached hydrogens (tertiary/aromatic N) is 1. The van der Waals surface area contributed by atoms with Crippen molar-refractivity contribution in [1.29, 1.82) is 0 Å². The zero-order valence-corrected chi connectivity index (χ0v) is 16.6. The first-order valence-electron chi connectivity index (χ1n) is 10.7. The number of rotatable bonds is 3. The molecule has 0 unspecified atom stereocenters. The maximum absolute atomic E-state index is 6.44. The lowest BCUT2D eigenvalue weighted by Crippen LogP contribution is -2.39. The van der Waals surface area contributed by atoms with Gasteiger partial charge in [0.2, 0.25) is 0 Å². The molecule has 142 valence electrons. The topological polar surface area (TPSA) is 21.7 Å². The van der Waals surface area contributed by atoms with Crippen LogP contribution in [0, 0.1) is 17.3 Å². The normalized spacial score (nSPS) is 39.5. The summed E-state index contributed by atoms with van der Waals surface area (Å²) in [6.07, 6.45) is 10.9. The Kier molecular flexibility index (Phi) is 5.28. The van der Waals surface area contributed by atoms with Crippen molar-refractivity contribution in [2.24, 2.45) is 17.3 Å². The summed E-state index contributed by atoms with van der Waals surface area (Å²) in [6, 6.07) is 0. The Morgan fingerprint density at radius 1 is 1.08 bits per heavy atom. The maximum Gasteiger partial charge on any atom is 0.161 e. The van der Waals surface area contributed by atoms with Gasteiger partial charge >= 0.3 is 0 Å². The lowest BCUT2D eigenvalue weighted by molar-refractivity contribution is -0.115. The number of allylic oxidation sites excluding steroid dienone is 2. The highest BCUT2D eigenvalue weighted by Crippen LogP contribution is 2.50. The van der Waals surface area contributed by atoms with Crippen LogP contribution in [0.2, 0.25) is 0 Å². The first-order chi connectivity index (χ1) is 12.0. The smallest absolute Gasteiger partial charge is 0.161 e. The van der Waals surface area contributed by atoms with E-state index >= 15 is 0 Å². The molecule has 0 aromatic rings. The highest BCUT2D eigenvalue weighted by Gasteiger charge is 2.42. The molecule has 0 N–H and O–H groups in total. The van der Waals surface area contributed by atoms with Crippen LogP contribution in [0.15, 0.2) is 11.1 Å². The summed E-state index contributed by atoms with van der Waals surface area (Å²) in [5, 5.41) is 0. The summed E-state index contributed by atoms with van der Waals surface area (Å²) >= 11 is 0. The number of ether oxygens (including phenoxy) is 2.